The zero-order chi connectivity index (χ0) is 29.1. The van der Waals surface area contributed by atoms with E-state index >= 15 is 0 Å². The number of aliphatic hydroxyl groups excluding tert-OH is 1. The number of phenols is 1. The molecular formula is C29H33NO10. The summed E-state index contributed by atoms with van der Waals surface area (Å²) in [7, 11) is 2.55. The van der Waals surface area contributed by atoms with Gasteiger partial charge in [0.1, 0.15) is 17.4 Å². The number of aliphatic hydroxyl groups is 2. The van der Waals surface area contributed by atoms with Crippen LogP contribution in [0.2, 0.25) is 0 Å². The minimum Gasteiger partial charge on any atom is -0.507 e. The summed E-state index contributed by atoms with van der Waals surface area (Å²) in [5.74, 6) is -3.58. The number of nitrogens with two attached hydrogens (primary N) is 1. The summed E-state index contributed by atoms with van der Waals surface area (Å²) in [6.45, 7) is 3.34. The Morgan fingerprint density at radius 3 is 2.52 bits per heavy atom. The SMILES string of the molecule is CC[C@@]1(O)C[C@H](O[C@H]2C[C@H](N)[C@H](O)[C@H](C)O2)c2c(cc3c(c2O)C(=O)c2c(OC)cccc2C3=O)[C@H]1C(=O)OC. The molecule has 2 aliphatic carbocycles. The molecule has 1 aliphatic heterocycles. The van der Waals surface area contributed by atoms with Crippen molar-refractivity contribution in [2.75, 3.05) is 14.2 Å². The molecule has 0 unspecified atom stereocenters. The van der Waals surface area contributed by atoms with Gasteiger partial charge < -0.3 is 40.0 Å². The van der Waals surface area contributed by atoms with Crippen LogP contribution in [0.1, 0.15) is 88.1 Å². The van der Waals surface area contributed by atoms with E-state index < -0.39 is 65.4 Å². The second-order valence-electron chi connectivity index (χ2n) is 10.6. The minimum atomic E-state index is -1.68. The van der Waals surface area contributed by atoms with Crippen molar-refractivity contribution in [1.82, 2.24) is 0 Å². The molecule has 0 radical (unpaired) electrons. The van der Waals surface area contributed by atoms with Gasteiger partial charge in [0.15, 0.2) is 12.1 Å². The maximum absolute atomic E-state index is 13.8. The normalized spacial score (nSPS) is 31.2. The summed E-state index contributed by atoms with van der Waals surface area (Å²) < 4.78 is 22.4. The second-order valence-corrected chi connectivity index (χ2v) is 10.6. The van der Waals surface area contributed by atoms with Crippen LogP contribution in [-0.4, -0.2) is 77.2 Å². The summed E-state index contributed by atoms with van der Waals surface area (Å²) in [4.78, 5) is 40.5. The summed E-state index contributed by atoms with van der Waals surface area (Å²) in [6.07, 6.45) is -3.47. The molecule has 2 aromatic carbocycles. The fourth-order valence-electron chi connectivity index (χ4n) is 6.20. The predicted octanol–water partition coefficient (Wildman–Crippen LogP) is 1.86. The number of rotatable bonds is 5. The van der Waals surface area contributed by atoms with Gasteiger partial charge in [0, 0.05) is 35.6 Å². The molecule has 1 fully saturated rings. The van der Waals surface area contributed by atoms with Crippen molar-refractivity contribution >= 4 is 17.5 Å². The number of hydrogen-bond acceptors (Lipinski definition) is 11. The Morgan fingerprint density at radius 2 is 1.90 bits per heavy atom. The molecule has 0 amide bonds. The van der Waals surface area contributed by atoms with E-state index in [0.717, 1.165) is 0 Å². The van der Waals surface area contributed by atoms with E-state index in [4.69, 9.17) is 24.7 Å². The number of ether oxygens (including phenoxy) is 4. The maximum atomic E-state index is 13.8. The first-order chi connectivity index (χ1) is 19.0. The van der Waals surface area contributed by atoms with Crippen LogP contribution in [0.3, 0.4) is 0 Å². The lowest BCUT2D eigenvalue weighted by atomic mass is 9.67. The fourth-order valence-corrected chi connectivity index (χ4v) is 6.20. The fraction of sp³-hybridized carbons (Fsp3) is 0.483. The summed E-state index contributed by atoms with van der Waals surface area (Å²) in [5.41, 5.74) is 4.34. The highest BCUT2D eigenvalue weighted by Crippen LogP contribution is 2.53. The highest BCUT2D eigenvalue weighted by molar-refractivity contribution is 6.30. The molecule has 0 aromatic heterocycles. The van der Waals surface area contributed by atoms with Gasteiger partial charge >= 0.3 is 5.97 Å². The minimum absolute atomic E-state index is 0.0185. The zero-order valence-electron chi connectivity index (χ0n) is 22.7. The standard InChI is InChI=1S/C29H33NO10/c1-5-29(36)11-18(40-19-10-16(30)24(31)12(2)39-19)21-14(23(29)28(35)38-4)9-15-22(27(21)34)26(33)20-13(25(15)32)7-6-8-17(20)37-3/h6-9,12,16,18-19,23-24,31,34,36H,5,10-11,30H2,1-4H3/t12-,16-,18-,19-,23-,24+,29+/m0/s1. The number of esters is 1. The number of carbonyl (C=O) groups is 3. The van der Waals surface area contributed by atoms with Crippen molar-refractivity contribution in [3.8, 4) is 11.5 Å². The van der Waals surface area contributed by atoms with Gasteiger partial charge in [0.25, 0.3) is 0 Å². The van der Waals surface area contributed by atoms with Crippen molar-refractivity contribution in [2.24, 2.45) is 5.73 Å². The molecule has 214 valence electrons. The third-order valence-electron chi connectivity index (χ3n) is 8.39. The van der Waals surface area contributed by atoms with Crippen LogP contribution in [0.25, 0.3) is 0 Å². The Kier molecular flexibility index (Phi) is 7.22. The Hall–Kier alpha value is -3.35. The highest BCUT2D eigenvalue weighted by Gasteiger charge is 2.53. The largest absolute Gasteiger partial charge is 0.507 e. The number of methoxy groups -OCH3 is 2. The molecule has 2 aromatic rings. The lowest BCUT2D eigenvalue weighted by Gasteiger charge is -2.45. The maximum Gasteiger partial charge on any atom is 0.316 e. The van der Waals surface area contributed by atoms with E-state index in [9.17, 15) is 29.7 Å². The highest BCUT2D eigenvalue weighted by atomic mass is 16.7. The molecule has 1 saturated heterocycles. The van der Waals surface area contributed by atoms with Crippen LogP contribution in [0, 0.1) is 0 Å². The van der Waals surface area contributed by atoms with Crippen LogP contribution in [-0.2, 0) is 19.0 Å². The molecule has 11 heteroatoms. The van der Waals surface area contributed by atoms with Crippen molar-refractivity contribution in [3.63, 3.8) is 0 Å². The van der Waals surface area contributed by atoms with Gasteiger partial charge in [0.05, 0.1) is 49.3 Å². The van der Waals surface area contributed by atoms with E-state index in [1.54, 1.807) is 26.0 Å². The van der Waals surface area contributed by atoms with Gasteiger partial charge in [-0.05, 0) is 31.0 Å². The van der Waals surface area contributed by atoms with Gasteiger partial charge in [0.2, 0.25) is 5.78 Å². The van der Waals surface area contributed by atoms with Crippen LogP contribution < -0.4 is 10.5 Å². The van der Waals surface area contributed by atoms with Gasteiger partial charge in [-0.25, -0.2) is 0 Å². The van der Waals surface area contributed by atoms with Crippen molar-refractivity contribution < 1.29 is 48.7 Å². The molecule has 0 saturated carbocycles. The molecule has 0 bridgehead atoms. The Bertz CT molecular complexity index is 1380. The predicted molar refractivity (Wildman–Crippen MR) is 139 cm³/mol. The van der Waals surface area contributed by atoms with Gasteiger partial charge in [-0.15, -0.1) is 0 Å². The topological polar surface area (TPSA) is 175 Å². The van der Waals surface area contributed by atoms with E-state index in [0.29, 0.717) is 0 Å². The van der Waals surface area contributed by atoms with E-state index in [1.165, 1.54) is 26.4 Å². The van der Waals surface area contributed by atoms with Crippen LogP contribution in [0.15, 0.2) is 24.3 Å². The smallest absolute Gasteiger partial charge is 0.316 e. The lowest BCUT2D eigenvalue weighted by molar-refractivity contribution is -0.248. The quantitative estimate of drug-likeness (QED) is 0.338. The first kappa shape index (κ1) is 28.2. The number of ketones is 2. The Balaban J connectivity index is 1.71. The summed E-state index contributed by atoms with van der Waals surface area (Å²) in [6, 6.07) is 5.33. The van der Waals surface area contributed by atoms with Crippen molar-refractivity contribution in [1.29, 1.82) is 0 Å². The molecule has 11 nitrogen and oxygen atoms in total. The molecule has 3 aliphatic rings. The molecule has 7 atom stereocenters. The molecule has 5 N–H and O–H groups in total. The molecule has 5 rings (SSSR count). The van der Waals surface area contributed by atoms with Crippen LogP contribution >= 0.6 is 0 Å². The second kappa shape index (κ2) is 10.2. The van der Waals surface area contributed by atoms with Crippen LogP contribution in [0.4, 0.5) is 0 Å². The average molecular weight is 556 g/mol. The van der Waals surface area contributed by atoms with Gasteiger partial charge in [-0.2, -0.15) is 0 Å². The van der Waals surface area contributed by atoms with E-state index in [-0.39, 0.29) is 58.4 Å². The third kappa shape index (κ3) is 4.20. The number of hydrogen-bond donors (Lipinski definition) is 4. The average Bonchev–Trinajstić information content (AvgIpc) is 2.93. The van der Waals surface area contributed by atoms with Gasteiger partial charge in [-0.3, -0.25) is 14.4 Å². The van der Waals surface area contributed by atoms with Crippen molar-refractivity contribution in [3.05, 3.63) is 57.6 Å². The van der Waals surface area contributed by atoms with E-state index in [1.807, 2.05) is 0 Å². The Labute approximate surface area is 230 Å². The summed E-state index contributed by atoms with van der Waals surface area (Å²) >= 11 is 0. The van der Waals surface area contributed by atoms with Crippen LogP contribution in [0.5, 0.6) is 11.5 Å². The Morgan fingerprint density at radius 1 is 1.18 bits per heavy atom. The molecule has 0 spiro atoms. The van der Waals surface area contributed by atoms with E-state index in [2.05, 4.69) is 0 Å². The summed E-state index contributed by atoms with van der Waals surface area (Å²) in [5, 5.41) is 33.6. The molecule has 1 heterocycles. The number of carbonyl (C=O) groups excluding carboxylic acids is 3. The molecular weight excluding hydrogens is 522 g/mol. The third-order valence-corrected chi connectivity index (χ3v) is 8.39. The number of benzene rings is 2. The number of fused-ring (bicyclic) bond motifs is 3. The molecule has 40 heavy (non-hydrogen) atoms. The first-order valence-corrected chi connectivity index (χ1v) is 13.2. The van der Waals surface area contributed by atoms with Crippen molar-refractivity contribution in [2.45, 2.75) is 75.3 Å². The number of aromatic hydroxyl groups is 1. The first-order valence-electron chi connectivity index (χ1n) is 13.2. The lowest BCUT2D eigenvalue weighted by Crippen LogP contribution is -2.52. The monoisotopic (exact) mass is 555 g/mol. The van der Waals surface area contributed by atoms with Gasteiger partial charge in [-0.1, -0.05) is 19.1 Å². The number of phenolic OH excluding ortho intramolecular Hbond substituents is 1. The zero-order valence-corrected chi connectivity index (χ0v) is 22.7.